The van der Waals surface area contributed by atoms with E-state index in [-0.39, 0.29) is 5.60 Å². The van der Waals surface area contributed by atoms with Crippen LogP contribution >= 0.6 is 0 Å². The van der Waals surface area contributed by atoms with E-state index in [1.807, 2.05) is 0 Å². The van der Waals surface area contributed by atoms with Gasteiger partial charge >= 0.3 is 0 Å². The van der Waals surface area contributed by atoms with Crippen molar-refractivity contribution >= 4 is 10.5 Å². The molecule has 0 aromatic heterocycles. The lowest BCUT2D eigenvalue weighted by atomic mass is 9.95. The van der Waals surface area contributed by atoms with Gasteiger partial charge < -0.3 is 9.16 Å². The molecule has 0 aliphatic carbocycles. The van der Waals surface area contributed by atoms with Gasteiger partial charge in [-0.1, -0.05) is 26.7 Å². The normalized spacial score (nSPS) is 12.2. The first kappa shape index (κ1) is 12.1. The highest BCUT2D eigenvalue weighted by atomic mass is 28.2. The molecular weight excluding hydrogens is 168 g/mol. The Morgan fingerprint density at radius 2 is 1.67 bits per heavy atom. The Morgan fingerprint density at radius 3 is 2.00 bits per heavy atom. The van der Waals surface area contributed by atoms with Gasteiger partial charge in [-0.15, -0.1) is 0 Å². The van der Waals surface area contributed by atoms with Crippen molar-refractivity contribution in [1.82, 2.24) is 0 Å². The van der Waals surface area contributed by atoms with E-state index in [0.29, 0.717) is 6.79 Å². The molecule has 0 aromatic carbocycles. The lowest BCUT2D eigenvalue weighted by Crippen LogP contribution is -2.29. The van der Waals surface area contributed by atoms with Gasteiger partial charge in [-0.05, 0) is 19.8 Å². The van der Waals surface area contributed by atoms with Crippen LogP contribution in [-0.4, -0.2) is 22.9 Å². The topological polar surface area (TPSA) is 18.5 Å². The lowest BCUT2D eigenvalue weighted by molar-refractivity contribution is -0.103. The zero-order valence-electron chi connectivity index (χ0n) is 8.85. The first-order valence-electron chi connectivity index (χ1n) is 4.81. The summed E-state index contributed by atoms with van der Waals surface area (Å²) in [6.45, 7) is 7.04. The molecule has 2 nitrogen and oxygen atoms in total. The van der Waals surface area contributed by atoms with Crippen molar-refractivity contribution in [3.05, 3.63) is 0 Å². The number of rotatable bonds is 7. The van der Waals surface area contributed by atoms with Crippen molar-refractivity contribution < 1.29 is 9.16 Å². The Morgan fingerprint density at radius 1 is 1.17 bits per heavy atom. The quantitative estimate of drug-likeness (QED) is 0.448. The molecule has 0 fully saturated rings. The van der Waals surface area contributed by atoms with Crippen molar-refractivity contribution in [3.8, 4) is 0 Å². The number of hydrogen-bond donors (Lipinski definition) is 0. The summed E-state index contributed by atoms with van der Waals surface area (Å²) in [6, 6.07) is 0. The summed E-state index contributed by atoms with van der Waals surface area (Å²) in [5.74, 6) is 0. The summed E-state index contributed by atoms with van der Waals surface area (Å²) in [7, 11) is 0.766. The molecule has 0 unspecified atom stereocenters. The molecule has 0 aromatic rings. The molecule has 3 heteroatoms. The van der Waals surface area contributed by atoms with Gasteiger partial charge in [0, 0.05) is 0 Å². The standard InChI is InChI=1S/C9H22O2Si/c1-4-6-9(3,7-5-2)10-8-11-12/h4-8H2,1-3,12H3. The van der Waals surface area contributed by atoms with Crippen molar-refractivity contribution in [3.63, 3.8) is 0 Å². The fourth-order valence-electron chi connectivity index (χ4n) is 1.53. The Bertz CT molecular complexity index is 101. The molecule has 0 rings (SSSR count). The van der Waals surface area contributed by atoms with Crippen LogP contribution in [0.25, 0.3) is 0 Å². The predicted octanol–water partition coefficient (Wildman–Crippen LogP) is 1.62. The zero-order chi connectivity index (χ0) is 9.45. The lowest BCUT2D eigenvalue weighted by Gasteiger charge is -2.28. The van der Waals surface area contributed by atoms with E-state index in [0.717, 1.165) is 23.3 Å². The van der Waals surface area contributed by atoms with Gasteiger partial charge in [0.2, 0.25) is 0 Å². The Hall–Kier alpha value is 0.137. The SMILES string of the molecule is CCCC(C)(CCC)OCO[SiH3]. The predicted molar refractivity (Wildman–Crippen MR) is 55.2 cm³/mol. The van der Waals surface area contributed by atoms with E-state index < -0.39 is 0 Å². The van der Waals surface area contributed by atoms with E-state index in [4.69, 9.17) is 9.16 Å². The van der Waals surface area contributed by atoms with Crippen LogP contribution in [-0.2, 0) is 9.16 Å². The minimum Gasteiger partial charge on any atom is -0.406 e. The molecule has 0 bridgehead atoms. The molecule has 0 N–H and O–H groups in total. The Balaban J connectivity index is 3.80. The molecule has 0 saturated carbocycles. The summed E-state index contributed by atoms with van der Waals surface area (Å²) in [4.78, 5) is 0. The van der Waals surface area contributed by atoms with Gasteiger partial charge in [0.05, 0.1) is 5.60 Å². The minimum atomic E-state index is 0.0495. The molecule has 0 spiro atoms. The highest BCUT2D eigenvalue weighted by Crippen LogP contribution is 2.23. The second-order valence-corrected chi connectivity index (χ2v) is 4.08. The smallest absolute Gasteiger partial charge is 0.149 e. The highest BCUT2D eigenvalue weighted by Gasteiger charge is 2.22. The molecule has 0 amide bonds. The average molecular weight is 190 g/mol. The van der Waals surface area contributed by atoms with Gasteiger partial charge in [0.15, 0.2) is 0 Å². The molecule has 0 saturated heterocycles. The number of ether oxygens (including phenoxy) is 1. The monoisotopic (exact) mass is 190 g/mol. The summed E-state index contributed by atoms with van der Waals surface area (Å²) >= 11 is 0. The Kier molecular flexibility index (Phi) is 6.71. The van der Waals surface area contributed by atoms with Crippen LogP contribution in [0, 0.1) is 0 Å². The van der Waals surface area contributed by atoms with Crippen molar-refractivity contribution in [2.45, 2.75) is 52.1 Å². The summed E-state index contributed by atoms with van der Waals surface area (Å²) in [5.41, 5.74) is 0.0495. The maximum atomic E-state index is 5.67. The second-order valence-electron chi connectivity index (χ2n) is 3.50. The minimum absolute atomic E-state index is 0.0495. The van der Waals surface area contributed by atoms with Crippen molar-refractivity contribution in [1.29, 1.82) is 0 Å². The largest absolute Gasteiger partial charge is 0.406 e. The van der Waals surface area contributed by atoms with Gasteiger partial charge in [-0.3, -0.25) is 0 Å². The molecule has 0 radical (unpaired) electrons. The molecule has 74 valence electrons. The molecule has 0 aliphatic rings. The van der Waals surface area contributed by atoms with E-state index >= 15 is 0 Å². The molecule has 0 atom stereocenters. The molecule has 0 heterocycles. The van der Waals surface area contributed by atoms with E-state index in [9.17, 15) is 0 Å². The van der Waals surface area contributed by atoms with Crippen LogP contribution in [0.2, 0.25) is 0 Å². The van der Waals surface area contributed by atoms with Crippen LogP contribution in [0.15, 0.2) is 0 Å². The van der Waals surface area contributed by atoms with Crippen LogP contribution in [0.3, 0.4) is 0 Å². The summed E-state index contributed by atoms with van der Waals surface area (Å²) in [5, 5.41) is 0. The van der Waals surface area contributed by atoms with Crippen molar-refractivity contribution in [2.75, 3.05) is 6.79 Å². The van der Waals surface area contributed by atoms with Crippen LogP contribution in [0.1, 0.15) is 46.5 Å². The van der Waals surface area contributed by atoms with E-state index in [2.05, 4.69) is 20.8 Å². The fourth-order valence-corrected chi connectivity index (χ4v) is 1.65. The highest BCUT2D eigenvalue weighted by molar-refractivity contribution is 5.97. The summed E-state index contributed by atoms with van der Waals surface area (Å²) < 4.78 is 10.7. The van der Waals surface area contributed by atoms with Gasteiger partial charge in [-0.25, -0.2) is 0 Å². The van der Waals surface area contributed by atoms with Crippen LogP contribution in [0.4, 0.5) is 0 Å². The summed E-state index contributed by atoms with van der Waals surface area (Å²) in [6.07, 6.45) is 4.62. The maximum absolute atomic E-state index is 5.67. The average Bonchev–Trinajstić information content (AvgIpc) is 2.02. The van der Waals surface area contributed by atoms with E-state index in [1.54, 1.807) is 0 Å². The Labute approximate surface area is 79.2 Å². The second kappa shape index (κ2) is 6.63. The zero-order valence-corrected chi connectivity index (χ0v) is 10.9. The van der Waals surface area contributed by atoms with Crippen molar-refractivity contribution in [2.24, 2.45) is 0 Å². The first-order valence-corrected chi connectivity index (χ1v) is 5.63. The maximum Gasteiger partial charge on any atom is 0.149 e. The molecular formula is C9H22O2Si. The number of hydrogen-bond acceptors (Lipinski definition) is 2. The third kappa shape index (κ3) is 4.90. The fraction of sp³-hybridized carbons (Fsp3) is 1.00. The van der Waals surface area contributed by atoms with Crippen LogP contribution in [0.5, 0.6) is 0 Å². The molecule has 0 aliphatic heterocycles. The van der Waals surface area contributed by atoms with E-state index in [1.165, 1.54) is 12.8 Å². The van der Waals surface area contributed by atoms with Crippen LogP contribution < -0.4 is 0 Å². The van der Waals surface area contributed by atoms with Gasteiger partial charge in [-0.2, -0.15) is 0 Å². The van der Waals surface area contributed by atoms with Gasteiger partial charge in [0.1, 0.15) is 17.3 Å². The first-order chi connectivity index (χ1) is 5.68. The molecule has 12 heavy (non-hydrogen) atoms. The third-order valence-corrected chi connectivity index (χ3v) is 2.32. The van der Waals surface area contributed by atoms with Gasteiger partial charge in [0.25, 0.3) is 0 Å². The third-order valence-electron chi connectivity index (χ3n) is 2.08.